The predicted octanol–water partition coefficient (Wildman–Crippen LogP) is 5.48. The first-order valence-electron chi connectivity index (χ1n) is 11.4. The number of alkyl halides is 3. The molecule has 2 aromatic rings. The molecular formula is C24H27F4N5OS. The van der Waals surface area contributed by atoms with Crippen LogP contribution in [0.3, 0.4) is 0 Å². The summed E-state index contributed by atoms with van der Waals surface area (Å²) in [4.78, 5) is 28.2. The summed E-state index contributed by atoms with van der Waals surface area (Å²) < 4.78 is 51.9. The zero-order valence-electron chi connectivity index (χ0n) is 19.6. The van der Waals surface area contributed by atoms with E-state index in [9.17, 15) is 22.4 Å². The maximum absolute atomic E-state index is 14.1. The Labute approximate surface area is 205 Å². The second-order valence-corrected chi connectivity index (χ2v) is 10.4. The van der Waals surface area contributed by atoms with Crippen LogP contribution in [-0.4, -0.2) is 50.0 Å². The number of piperidine rings is 1. The van der Waals surface area contributed by atoms with Gasteiger partial charge in [-0.3, -0.25) is 9.79 Å². The molecule has 1 saturated heterocycles. The van der Waals surface area contributed by atoms with Gasteiger partial charge in [-0.25, -0.2) is 14.4 Å². The molecule has 2 aliphatic rings. The summed E-state index contributed by atoms with van der Waals surface area (Å²) in [6.45, 7) is 5.97. The number of halogens is 4. The topological polar surface area (TPSA) is 70.5 Å². The molecule has 1 N–H and O–H groups in total. The monoisotopic (exact) mass is 509 g/mol. The van der Waals surface area contributed by atoms with Gasteiger partial charge < -0.3 is 10.2 Å². The van der Waals surface area contributed by atoms with Crippen LogP contribution in [0.1, 0.15) is 56.4 Å². The van der Waals surface area contributed by atoms with E-state index in [2.05, 4.69) is 15.3 Å². The summed E-state index contributed by atoms with van der Waals surface area (Å²) in [5, 5.41) is 3.48. The van der Waals surface area contributed by atoms with E-state index in [1.807, 2.05) is 25.7 Å². The molecule has 6 nitrogen and oxygen atoms in total. The number of hydrogen-bond donors (Lipinski definition) is 1. The fraction of sp³-hybridized carbons (Fsp3) is 0.500. The average Bonchev–Trinajstić information content (AvgIpc) is 3.12. The van der Waals surface area contributed by atoms with Crippen molar-refractivity contribution in [3.8, 4) is 0 Å². The Morgan fingerprint density at radius 1 is 1.20 bits per heavy atom. The van der Waals surface area contributed by atoms with Gasteiger partial charge >= 0.3 is 6.18 Å². The number of anilines is 1. The summed E-state index contributed by atoms with van der Waals surface area (Å²) in [6.07, 6.45) is -0.537. The van der Waals surface area contributed by atoms with Crippen molar-refractivity contribution in [1.82, 2.24) is 14.9 Å². The van der Waals surface area contributed by atoms with E-state index in [-0.39, 0.29) is 35.0 Å². The Hall–Kier alpha value is -2.69. The van der Waals surface area contributed by atoms with E-state index in [1.54, 1.807) is 12.1 Å². The maximum atomic E-state index is 14.1. The van der Waals surface area contributed by atoms with Crippen molar-refractivity contribution < 1.29 is 22.4 Å². The van der Waals surface area contributed by atoms with Gasteiger partial charge in [0.1, 0.15) is 5.82 Å². The van der Waals surface area contributed by atoms with Gasteiger partial charge in [0.25, 0.3) is 5.91 Å². The molecule has 35 heavy (non-hydrogen) atoms. The zero-order valence-corrected chi connectivity index (χ0v) is 20.5. The SMILES string of the molecule is CC1=NC(C)(C(=O)N2C(C)CCCC2CNc2ncc(C(F)(F)F)cn2)C(c2ccc(F)cc2)S1. The normalized spacial score (nSPS) is 27.0. The molecule has 0 radical (unpaired) electrons. The Balaban J connectivity index is 1.54. The fourth-order valence-electron chi connectivity index (χ4n) is 4.78. The third kappa shape index (κ3) is 5.29. The van der Waals surface area contributed by atoms with Crippen molar-refractivity contribution in [2.75, 3.05) is 11.9 Å². The lowest BCUT2D eigenvalue weighted by molar-refractivity contribution is -0.142. The Morgan fingerprint density at radius 3 is 2.49 bits per heavy atom. The van der Waals surface area contributed by atoms with Crippen molar-refractivity contribution >= 4 is 28.7 Å². The molecule has 2 aliphatic heterocycles. The molecule has 1 aromatic carbocycles. The first-order valence-corrected chi connectivity index (χ1v) is 12.3. The van der Waals surface area contributed by atoms with Crippen LogP contribution in [0, 0.1) is 5.82 Å². The molecule has 4 unspecified atom stereocenters. The van der Waals surface area contributed by atoms with Crippen LogP contribution in [0.15, 0.2) is 41.7 Å². The zero-order chi connectivity index (χ0) is 25.4. The third-order valence-electron chi connectivity index (χ3n) is 6.53. The fourth-order valence-corrected chi connectivity index (χ4v) is 6.04. The van der Waals surface area contributed by atoms with Crippen LogP contribution < -0.4 is 5.32 Å². The van der Waals surface area contributed by atoms with Crippen LogP contribution >= 0.6 is 11.8 Å². The molecule has 1 fully saturated rings. The van der Waals surface area contributed by atoms with Crippen molar-refractivity contribution in [2.45, 2.75) is 69.1 Å². The van der Waals surface area contributed by atoms with Crippen LogP contribution in [0.4, 0.5) is 23.5 Å². The Morgan fingerprint density at radius 2 is 1.86 bits per heavy atom. The lowest BCUT2D eigenvalue weighted by atomic mass is 9.87. The number of carbonyl (C=O) groups is 1. The van der Waals surface area contributed by atoms with Crippen molar-refractivity contribution in [2.24, 2.45) is 4.99 Å². The third-order valence-corrected chi connectivity index (χ3v) is 7.93. The first-order chi connectivity index (χ1) is 16.5. The van der Waals surface area contributed by atoms with E-state index in [4.69, 9.17) is 4.99 Å². The van der Waals surface area contributed by atoms with E-state index in [0.717, 1.165) is 42.3 Å². The average molecular weight is 510 g/mol. The van der Waals surface area contributed by atoms with Crippen LogP contribution in [0.25, 0.3) is 0 Å². The molecule has 4 rings (SSSR count). The Kier molecular flexibility index (Phi) is 7.08. The molecule has 0 spiro atoms. The molecule has 0 bridgehead atoms. The summed E-state index contributed by atoms with van der Waals surface area (Å²) >= 11 is 1.49. The van der Waals surface area contributed by atoms with Crippen LogP contribution in [-0.2, 0) is 11.0 Å². The summed E-state index contributed by atoms with van der Waals surface area (Å²) in [7, 11) is 0. The number of nitrogens with zero attached hydrogens (tertiary/aromatic N) is 4. The van der Waals surface area contributed by atoms with Crippen molar-refractivity contribution in [3.05, 3.63) is 53.6 Å². The number of aromatic nitrogens is 2. The number of amides is 1. The number of benzene rings is 1. The standard InChI is InChI=1S/C24H27F4N5OS/c1-14-5-4-6-19(13-31-22-29-11-17(12-30-22)24(26,27)28)33(14)21(34)23(3)20(35-15(2)32-23)16-7-9-18(25)10-8-16/h7-12,14,19-20H,4-6,13H2,1-3H3,(H,29,30,31). The predicted molar refractivity (Wildman–Crippen MR) is 128 cm³/mol. The molecule has 188 valence electrons. The number of nitrogens with one attached hydrogen (secondary N) is 1. The van der Waals surface area contributed by atoms with Gasteiger partial charge in [0.2, 0.25) is 5.95 Å². The minimum absolute atomic E-state index is 0.0385. The van der Waals surface area contributed by atoms with Crippen molar-refractivity contribution in [1.29, 1.82) is 0 Å². The summed E-state index contributed by atoms with van der Waals surface area (Å²) in [5.41, 5.74) is -1.16. The minimum Gasteiger partial charge on any atom is -0.352 e. The lowest BCUT2D eigenvalue weighted by Gasteiger charge is -2.44. The summed E-state index contributed by atoms with van der Waals surface area (Å²) in [5.74, 6) is -0.392. The molecular weight excluding hydrogens is 482 g/mol. The van der Waals surface area contributed by atoms with Gasteiger partial charge in [0, 0.05) is 31.0 Å². The number of hydrogen-bond acceptors (Lipinski definition) is 6. The van der Waals surface area contributed by atoms with Crippen LogP contribution in [0.2, 0.25) is 0 Å². The van der Waals surface area contributed by atoms with Gasteiger partial charge in [-0.15, -0.1) is 11.8 Å². The van der Waals surface area contributed by atoms with Gasteiger partial charge in [0.15, 0.2) is 5.54 Å². The Bertz CT molecular complexity index is 1090. The number of rotatable bonds is 5. The number of carbonyl (C=O) groups excluding carboxylic acids is 1. The second-order valence-electron chi connectivity index (χ2n) is 9.15. The molecule has 4 atom stereocenters. The highest BCUT2D eigenvalue weighted by Gasteiger charge is 2.51. The minimum atomic E-state index is -4.50. The lowest BCUT2D eigenvalue weighted by Crippen LogP contribution is -2.58. The smallest absolute Gasteiger partial charge is 0.352 e. The highest BCUT2D eigenvalue weighted by molar-refractivity contribution is 8.14. The van der Waals surface area contributed by atoms with Crippen LogP contribution in [0.5, 0.6) is 0 Å². The number of likely N-dealkylation sites (tertiary alicyclic amines) is 1. The van der Waals surface area contributed by atoms with Gasteiger partial charge in [-0.05, 0) is 57.7 Å². The number of aliphatic imine (C=N–C) groups is 1. The van der Waals surface area contributed by atoms with E-state index < -0.39 is 17.3 Å². The number of thioether (sulfide) groups is 1. The van der Waals surface area contributed by atoms with E-state index in [1.165, 1.54) is 23.9 Å². The molecule has 1 amide bonds. The largest absolute Gasteiger partial charge is 0.419 e. The van der Waals surface area contributed by atoms with Gasteiger partial charge in [0.05, 0.1) is 15.9 Å². The quantitative estimate of drug-likeness (QED) is 0.541. The summed E-state index contributed by atoms with van der Waals surface area (Å²) in [6, 6.07) is 5.90. The van der Waals surface area contributed by atoms with Crippen molar-refractivity contribution in [3.63, 3.8) is 0 Å². The van der Waals surface area contributed by atoms with Gasteiger partial charge in [-0.2, -0.15) is 13.2 Å². The molecule has 11 heteroatoms. The van der Waals surface area contributed by atoms with Gasteiger partial charge in [-0.1, -0.05) is 12.1 Å². The highest BCUT2D eigenvalue weighted by atomic mass is 32.2. The maximum Gasteiger partial charge on any atom is 0.419 e. The second kappa shape index (κ2) is 9.75. The molecule has 1 aromatic heterocycles. The molecule has 0 aliphatic carbocycles. The highest BCUT2D eigenvalue weighted by Crippen LogP contribution is 2.49. The van der Waals surface area contributed by atoms with E-state index in [0.29, 0.717) is 6.54 Å². The molecule has 0 saturated carbocycles. The first kappa shape index (κ1) is 25.4. The molecule has 3 heterocycles. The van der Waals surface area contributed by atoms with E-state index >= 15 is 0 Å².